The smallest absolute Gasteiger partial charge is 0.381 e. The average molecular weight is 530 g/mol. The van der Waals surface area contributed by atoms with E-state index >= 15 is 0 Å². The number of aromatic nitrogens is 1. The summed E-state index contributed by atoms with van der Waals surface area (Å²) in [6.45, 7) is 3.00. The van der Waals surface area contributed by atoms with Crippen molar-refractivity contribution in [3.8, 4) is 11.8 Å². The number of carbonyl (C=O) groups excluding carboxylic acids is 1. The molecule has 0 unspecified atom stereocenters. The van der Waals surface area contributed by atoms with E-state index in [1.54, 1.807) is 0 Å². The highest BCUT2D eigenvalue weighted by atomic mass is 19.4. The number of amides is 1. The van der Waals surface area contributed by atoms with Crippen LogP contribution in [0.4, 0.5) is 33.5 Å². The van der Waals surface area contributed by atoms with E-state index in [-0.39, 0.29) is 40.3 Å². The number of benzene rings is 2. The van der Waals surface area contributed by atoms with Crippen LogP contribution in [0, 0.1) is 23.5 Å². The second kappa shape index (κ2) is 11.2. The predicted octanol–water partition coefficient (Wildman–Crippen LogP) is 4.36. The number of nitrogens with two attached hydrogens (primary N) is 1. The molecule has 1 aromatic heterocycles. The second-order valence-electron chi connectivity index (χ2n) is 8.94. The average Bonchev–Trinajstić information content (AvgIpc) is 2.87. The highest BCUT2D eigenvalue weighted by molar-refractivity contribution is 6.04. The van der Waals surface area contributed by atoms with E-state index < -0.39 is 29.3 Å². The van der Waals surface area contributed by atoms with Gasteiger partial charge in [0, 0.05) is 55.7 Å². The first kappa shape index (κ1) is 27.0. The lowest BCUT2D eigenvalue weighted by atomic mass is 10.0. The minimum absolute atomic E-state index is 0.0209. The van der Waals surface area contributed by atoms with E-state index in [1.165, 1.54) is 24.4 Å². The summed E-state index contributed by atoms with van der Waals surface area (Å²) in [6.07, 6.45) is -3.40. The number of nitrogens with one attached hydrogen (secondary N) is 1. The topological polar surface area (TPSA) is 74.5 Å². The van der Waals surface area contributed by atoms with Crippen LogP contribution >= 0.6 is 0 Å². The zero-order valence-electron chi connectivity index (χ0n) is 20.4. The van der Waals surface area contributed by atoms with Gasteiger partial charge in [-0.3, -0.25) is 9.69 Å². The van der Waals surface area contributed by atoms with E-state index in [2.05, 4.69) is 27.0 Å². The van der Waals surface area contributed by atoms with E-state index in [4.69, 9.17) is 5.73 Å². The highest BCUT2D eigenvalue weighted by Gasteiger charge is 2.34. The van der Waals surface area contributed by atoms with Crippen LogP contribution in [0.1, 0.15) is 32.6 Å². The van der Waals surface area contributed by atoms with Gasteiger partial charge < -0.3 is 16.0 Å². The van der Waals surface area contributed by atoms with Crippen molar-refractivity contribution in [2.24, 2.45) is 0 Å². The first-order valence-corrected chi connectivity index (χ1v) is 11.6. The molecule has 3 aromatic rings. The van der Waals surface area contributed by atoms with Crippen LogP contribution in [-0.2, 0) is 12.7 Å². The molecule has 38 heavy (non-hydrogen) atoms. The Balaban J connectivity index is 1.53. The van der Waals surface area contributed by atoms with Gasteiger partial charge in [0.05, 0.1) is 11.1 Å². The van der Waals surface area contributed by atoms with Gasteiger partial charge in [-0.15, -0.1) is 0 Å². The van der Waals surface area contributed by atoms with E-state index in [9.17, 15) is 26.7 Å². The number of hydrogen-bond acceptors (Lipinski definition) is 5. The molecule has 1 aliphatic rings. The summed E-state index contributed by atoms with van der Waals surface area (Å²) in [5, 5.41) is 2.44. The van der Waals surface area contributed by atoms with Crippen LogP contribution in [0.15, 0.2) is 48.7 Å². The molecule has 1 aliphatic heterocycles. The third-order valence-electron chi connectivity index (χ3n) is 6.10. The molecule has 0 saturated carbocycles. The minimum atomic E-state index is -4.61. The fourth-order valence-corrected chi connectivity index (χ4v) is 3.92. The van der Waals surface area contributed by atoms with Gasteiger partial charge in [0.15, 0.2) is 11.6 Å². The van der Waals surface area contributed by atoms with Gasteiger partial charge in [-0.1, -0.05) is 17.9 Å². The zero-order chi connectivity index (χ0) is 27.4. The molecule has 0 atom stereocenters. The Hall–Kier alpha value is -4.01. The fraction of sp³-hybridized carbons (Fsp3) is 0.259. The van der Waals surface area contributed by atoms with Crippen molar-refractivity contribution in [2.45, 2.75) is 12.7 Å². The standard InChI is InChI=1S/C27H24F5N5O/c1-36-8-10-37(11-9-36)16-20-4-6-21(14-22(20)27(30,31)32)35-26(38)19-5-7-23(28)18(13-19)3-2-17-12-24(29)25(33)34-15-17/h4-7,12-15H,8-11,16H2,1H3,(H2,33,34)(H,35,38). The molecule has 6 nitrogen and oxygen atoms in total. The van der Waals surface area contributed by atoms with E-state index in [0.717, 1.165) is 37.4 Å². The van der Waals surface area contributed by atoms with Crippen LogP contribution in [0.25, 0.3) is 0 Å². The molecule has 1 amide bonds. The number of hydrogen-bond donors (Lipinski definition) is 2. The highest BCUT2D eigenvalue weighted by Crippen LogP contribution is 2.34. The Morgan fingerprint density at radius 3 is 2.45 bits per heavy atom. The van der Waals surface area contributed by atoms with Crippen molar-refractivity contribution in [1.29, 1.82) is 0 Å². The molecule has 2 aromatic carbocycles. The van der Waals surface area contributed by atoms with Crippen molar-refractivity contribution in [3.63, 3.8) is 0 Å². The molecule has 0 spiro atoms. The molecule has 2 heterocycles. The summed E-state index contributed by atoms with van der Waals surface area (Å²) in [6, 6.07) is 8.06. The minimum Gasteiger partial charge on any atom is -0.381 e. The maximum Gasteiger partial charge on any atom is 0.416 e. The lowest BCUT2D eigenvalue weighted by Crippen LogP contribution is -2.44. The molecular formula is C27H24F5N5O. The van der Waals surface area contributed by atoms with Gasteiger partial charge in [0.1, 0.15) is 5.82 Å². The Labute approximate surface area is 216 Å². The zero-order valence-corrected chi connectivity index (χ0v) is 20.4. The lowest BCUT2D eigenvalue weighted by molar-refractivity contribution is -0.138. The summed E-state index contributed by atoms with van der Waals surface area (Å²) < 4.78 is 69.4. The number of halogens is 5. The van der Waals surface area contributed by atoms with Crippen molar-refractivity contribution in [2.75, 3.05) is 44.3 Å². The summed E-state index contributed by atoms with van der Waals surface area (Å²) in [7, 11) is 1.96. The van der Waals surface area contributed by atoms with Crippen LogP contribution in [0.3, 0.4) is 0 Å². The van der Waals surface area contributed by atoms with Crippen molar-refractivity contribution in [3.05, 3.63) is 88.1 Å². The monoisotopic (exact) mass is 529 g/mol. The first-order chi connectivity index (χ1) is 18.0. The normalized spacial score (nSPS) is 14.6. The van der Waals surface area contributed by atoms with Gasteiger partial charge in [0.25, 0.3) is 5.91 Å². The van der Waals surface area contributed by atoms with Crippen LogP contribution in [-0.4, -0.2) is 53.9 Å². The Kier molecular flexibility index (Phi) is 7.94. The number of carbonyl (C=O) groups is 1. The fourth-order valence-electron chi connectivity index (χ4n) is 3.92. The molecule has 3 N–H and O–H groups in total. The predicted molar refractivity (Wildman–Crippen MR) is 133 cm³/mol. The molecule has 1 fully saturated rings. The summed E-state index contributed by atoms with van der Waals surface area (Å²) >= 11 is 0. The van der Waals surface area contributed by atoms with E-state index in [0.29, 0.717) is 13.1 Å². The number of nitrogen functional groups attached to an aromatic ring is 1. The number of alkyl halides is 3. The summed E-state index contributed by atoms with van der Waals surface area (Å²) in [5.41, 5.74) is 4.52. The van der Waals surface area contributed by atoms with Crippen LogP contribution in [0.2, 0.25) is 0 Å². The molecule has 1 saturated heterocycles. The van der Waals surface area contributed by atoms with Crippen molar-refractivity contribution in [1.82, 2.24) is 14.8 Å². The first-order valence-electron chi connectivity index (χ1n) is 11.6. The van der Waals surface area contributed by atoms with E-state index in [1.807, 2.05) is 11.9 Å². The summed E-state index contributed by atoms with van der Waals surface area (Å²) in [5.74, 6) is 2.49. The van der Waals surface area contributed by atoms with Gasteiger partial charge in [0.2, 0.25) is 0 Å². The maximum absolute atomic E-state index is 14.3. The number of anilines is 2. The van der Waals surface area contributed by atoms with Crippen LogP contribution < -0.4 is 11.1 Å². The molecule has 4 rings (SSSR count). The Morgan fingerprint density at radius 1 is 1.03 bits per heavy atom. The second-order valence-corrected chi connectivity index (χ2v) is 8.94. The SMILES string of the molecule is CN1CCN(Cc2ccc(NC(=O)c3ccc(F)c(C#Cc4cnc(N)c(F)c4)c3)cc2C(F)(F)F)CC1. The molecule has 11 heteroatoms. The number of piperazine rings is 1. The summed E-state index contributed by atoms with van der Waals surface area (Å²) in [4.78, 5) is 20.5. The van der Waals surface area contributed by atoms with Gasteiger partial charge in [-0.2, -0.15) is 13.2 Å². The van der Waals surface area contributed by atoms with Crippen molar-refractivity contribution >= 4 is 17.4 Å². The number of nitrogens with zero attached hydrogens (tertiary/aromatic N) is 3. The molecule has 0 radical (unpaired) electrons. The van der Waals surface area contributed by atoms with Crippen LogP contribution in [0.5, 0.6) is 0 Å². The Morgan fingerprint density at radius 2 is 1.76 bits per heavy atom. The molecule has 0 aliphatic carbocycles. The number of likely N-dealkylation sites (N-methyl/N-ethyl adjacent to an activating group) is 1. The van der Waals surface area contributed by atoms with Gasteiger partial charge in [-0.05, 0) is 49.0 Å². The number of pyridine rings is 1. The molecular weight excluding hydrogens is 505 g/mol. The van der Waals surface area contributed by atoms with Crippen molar-refractivity contribution < 1.29 is 26.7 Å². The maximum atomic E-state index is 14.3. The Bertz CT molecular complexity index is 1410. The number of rotatable bonds is 4. The molecule has 198 valence electrons. The third kappa shape index (κ3) is 6.65. The third-order valence-corrected chi connectivity index (χ3v) is 6.10. The van der Waals surface area contributed by atoms with Gasteiger partial charge in [-0.25, -0.2) is 13.8 Å². The largest absolute Gasteiger partial charge is 0.416 e. The quantitative estimate of drug-likeness (QED) is 0.388. The van der Waals surface area contributed by atoms with Gasteiger partial charge >= 0.3 is 6.18 Å². The lowest BCUT2D eigenvalue weighted by Gasteiger charge is -2.33. The molecule has 0 bridgehead atoms.